The lowest BCUT2D eigenvalue weighted by Crippen LogP contribution is -2.54. The molecular formula is C12H12ClNO4. The molecule has 0 unspecified atom stereocenters. The topological polar surface area (TPSA) is 66.8 Å². The Labute approximate surface area is 109 Å². The van der Waals surface area contributed by atoms with Crippen molar-refractivity contribution >= 4 is 23.5 Å². The Morgan fingerprint density at radius 1 is 1.33 bits per heavy atom. The molecule has 96 valence electrons. The van der Waals surface area contributed by atoms with E-state index in [0.29, 0.717) is 10.8 Å². The molecule has 1 N–H and O–H groups in total. The summed E-state index contributed by atoms with van der Waals surface area (Å²) in [6.07, 6.45) is 0. The third-order valence-electron chi connectivity index (χ3n) is 2.76. The van der Waals surface area contributed by atoms with E-state index in [4.69, 9.17) is 21.4 Å². The van der Waals surface area contributed by atoms with Gasteiger partial charge in [-0.05, 0) is 24.3 Å². The molecule has 1 aromatic carbocycles. The molecule has 0 bridgehead atoms. The van der Waals surface area contributed by atoms with Crippen LogP contribution in [0.5, 0.6) is 5.75 Å². The summed E-state index contributed by atoms with van der Waals surface area (Å²) in [6, 6.07) is 6.69. The molecule has 1 aliphatic heterocycles. The van der Waals surface area contributed by atoms with Gasteiger partial charge >= 0.3 is 5.97 Å². The second kappa shape index (κ2) is 5.27. The third kappa shape index (κ3) is 2.92. The first kappa shape index (κ1) is 12.7. The Balaban J connectivity index is 1.76. The van der Waals surface area contributed by atoms with Crippen LogP contribution in [0.15, 0.2) is 24.3 Å². The minimum absolute atomic E-state index is 0.0893. The zero-order chi connectivity index (χ0) is 13.1. The molecule has 2 rings (SSSR count). The minimum Gasteiger partial charge on any atom is -0.484 e. The van der Waals surface area contributed by atoms with Crippen LogP contribution in [0.3, 0.4) is 0 Å². The van der Waals surface area contributed by atoms with Crippen LogP contribution < -0.4 is 4.74 Å². The molecule has 0 spiro atoms. The Bertz CT molecular complexity index is 454. The first-order valence-corrected chi connectivity index (χ1v) is 5.83. The van der Waals surface area contributed by atoms with Gasteiger partial charge in [-0.3, -0.25) is 9.59 Å². The molecule has 0 aromatic heterocycles. The summed E-state index contributed by atoms with van der Waals surface area (Å²) in [6.45, 7) is 0.435. The minimum atomic E-state index is -0.863. The number of nitrogens with zero attached hydrogens (tertiary/aromatic N) is 1. The Morgan fingerprint density at radius 2 is 1.94 bits per heavy atom. The first-order chi connectivity index (χ1) is 8.56. The number of carbonyl (C=O) groups is 2. The number of carboxylic acid groups (broad SMARTS) is 1. The van der Waals surface area contributed by atoms with Crippen LogP contribution in [0, 0.1) is 5.92 Å². The third-order valence-corrected chi connectivity index (χ3v) is 3.01. The Morgan fingerprint density at radius 3 is 2.50 bits per heavy atom. The molecule has 1 saturated heterocycles. The molecule has 5 nitrogen and oxygen atoms in total. The maximum absolute atomic E-state index is 11.6. The normalized spacial score (nSPS) is 15.1. The van der Waals surface area contributed by atoms with E-state index in [-0.39, 0.29) is 25.6 Å². The highest BCUT2D eigenvalue weighted by Crippen LogP contribution is 2.18. The molecule has 1 fully saturated rings. The number of ether oxygens (including phenoxy) is 1. The molecule has 0 saturated carbocycles. The van der Waals surface area contributed by atoms with Crippen molar-refractivity contribution < 1.29 is 19.4 Å². The molecule has 1 aliphatic rings. The van der Waals surface area contributed by atoms with Crippen molar-refractivity contribution in [2.45, 2.75) is 0 Å². The summed E-state index contributed by atoms with van der Waals surface area (Å²) in [5.41, 5.74) is 0. The van der Waals surface area contributed by atoms with Gasteiger partial charge < -0.3 is 14.7 Å². The van der Waals surface area contributed by atoms with Crippen molar-refractivity contribution in [2.75, 3.05) is 19.7 Å². The predicted octanol–water partition coefficient (Wildman–Crippen LogP) is 1.26. The Kier molecular flexibility index (Phi) is 3.72. The van der Waals surface area contributed by atoms with Gasteiger partial charge in [0.15, 0.2) is 6.61 Å². The summed E-state index contributed by atoms with van der Waals surface area (Å²) >= 11 is 5.72. The molecule has 1 heterocycles. The fourth-order valence-electron chi connectivity index (χ4n) is 1.61. The van der Waals surface area contributed by atoms with Gasteiger partial charge in [0.05, 0.1) is 5.92 Å². The van der Waals surface area contributed by atoms with E-state index in [1.807, 2.05) is 0 Å². The van der Waals surface area contributed by atoms with E-state index in [1.54, 1.807) is 24.3 Å². The van der Waals surface area contributed by atoms with E-state index >= 15 is 0 Å². The molecule has 18 heavy (non-hydrogen) atoms. The van der Waals surface area contributed by atoms with Gasteiger partial charge in [-0.1, -0.05) is 11.6 Å². The fourth-order valence-corrected chi connectivity index (χ4v) is 1.73. The van der Waals surface area contributed by atoms with Gasteiger partial charge in [0.1, 0.15) is 5.75 Å². The zero-order valence-electron chi connectivity index (χ0n) is 9.51. The average Bonchev–Trinajstić information content (AvgIpc) is 2.25. The SMILES string of the molecule is O=C(O)C1CN(C(=O)COc2ccc(Cl)cc2)C1. The highest BCUT2D eigenvalue weighted by Gasteiger charge is 2.35. The molecule has 0 aliphatic carbocycles. The number of benzene rings is 1. The van der Waals surface area contributed by atoms with Gasteiger partial charge in [0, 0.05) is 18.1 Å². The first-order valence-electron chi connectivity index (χ1n) is 5.45. The van der Waals surface area contributed by atoms with Gasteiger partial charge in [-0.15, -0.1) is 0 Å². The van der Waals surface area contributed by atoms with Crippen molar-refractivity contribution in [1.82, 2.24) is 4.90 Å². The number of aliphatic carboxylic acids is 1. The average molecular weight is 270 g/mol. The standard InChI is InChI=1S/C12H12ClNO4/c13-9-1-3-10(4-2-9)18-7-11(15)14-5-8(6-14)12(16)17/h1-4,8H,5-7H2,(H,16,17). The van der Waals surface area contributed by atoms with E-state index < -0.39 is 11.9 Å². The van der Waals surface area contributed by atoms with E-state index in [9.17, 15) is 9.59 Å². The van der Waals surface area contributed by atoms with Crippen LogP contribution in [-0.2, 0) is 9.59 Å². The van der Waals surface area contributed by atoms with Gasteiger partial charge in [0.25, 0.3) is 5.91 Å². The number of hydrogen-bond acceptors (Lipinski definition) is 3. The second-order valence-electron chi connectivity index (χ2n) is 4.08. The highest BCUT2D eigenvalue weighted by atomic mass is 35.5. The van der Waals surface area contributed by atoms with Crippen LogP contribution in [-0.4, -0.2) is 41.6 Å². The molecule has 1 aromatic rings. The number of hydrogen-bond donors (Lipinski definition) is 1. The second-order valence-corrected chi connectivity index (χ2v) is 4.51. The van der Waals surface area contributed by atoms with E-state index in [1.165, 1.54) is 4.90 Å². The summed E-state index contributed by atoms with van der Waals surface area (Å²) in [7, 11) is 0. The number of halogens is 1. The summed E-state index contributed by atoms with van der Waals surface area (Å²) < 4.78 is 5.28. The van der Waals surface area contributed by atoms with Crippen molar-refractivity contribution in [2.24, 2.45) is 5.92 Å². The number of carboxylic acids is 1. The highest BCUT2D eigenvalue weighted by molar-refractivity contribution is 6.30. The van der Waals surface area contributed by atoms with E-state index in [2.05, 4.69) is 0 Å². The van der Waals surface area contributed by atoms with Crippen LogP contribution in [0.2, 0.25) is 5.02 Å². The quantitative estimate of drug-likeness (QED) is 0.894. The lowest BCUT2D eigenvalue weighted by molar-refractivity contribution is -0.153. The number of carbonyl (C=O) groups excluding carboxylic acids is 1. The molecule has 6 heteroatoms. The van der Waals surface area contributed by atoms with Crippen LogP contribution in [0.4, 0.5) is 0 Å². The van der Waals surface area contributed by atoms with Gasteiger partial charge in [-0.2, -0.15) is 0 Å². The monoisotopic (exact) mass is 269 g/mol. The van der Waals surface area contributed by atoms with Crippen molar-refractivity contribution in [1.29, 1.82) is 0 Å². The van der Waals surface area contributed by atoms with Crippen molar-refractivity contribution in [3.63, 3.8) is 0 Å². The van der Waals surface area contributed by atoms with Crippen molar-refractivity contribution in [3.05, 3.63) is 29.3 Å². The molecular weight excluding hydrogens is 258 g/mol. The molecule has 1 amide bonds. The smallest absolute Gasteiger partial charge is 0.310 e. The summed E-state index contributed by atoms with van der Waals surface area (Å²) in [5.74, 6) is -0.951. The number of amides is 1. The predicted molar refractivity (Wildman–Crippen MR) is 64.7 cm³/mol. The maximum atomic E-state index is 11.6. The lowest BCUT2D eigenvalue weighted by atomic mass is 10.0. The zero-order valence-corrected chi connectivity index (χ0v) is 10.3. The van der Waals surface area contributed by atoms with E-state index in [0.717, 1.165) is 0 Å². The van der Waals surface area contributed by atoms with Gasteiger partial charge in [0.2, 0.25) is 0 Å². The number of rotatable bonds is 4. The summed E-state index contributed by atoms with van der Waals surface area (Å²) in [4.78, 5) is 23.7. The largest absolute Gasteiger partial charge is 0.484 e. The van der Waals surface area contributed by atoms with Crippen LogP contribution >= 0.6 is 11.6 Å². The fraction of sp³-hybridized carbons (Fsp3) is 0.333. The lowest BCUT2D eigenvalue weighted by Gasteiger charge is -2.36. The molecule has 0 atom stereocenters. The molecule has 0 radical (unpaired) electrons. The maximum Gasteiger partial charge on any atom is 0.310 e. The van der Waals surface area contributed by atoms with Gasteiger partial charge in [-0.25, -0.2) is 0 Å². The summed E-state index contributed by atoms with van der Waals surface area (Å²) in [5, 5.41) is 9.28. The van der Waals surface area contributed by atoms with Crippen molar-refractivity contribution in [3.8, 4) is 5.75 Å². The number of likely N-dealkylation sites (tertiary alicyclic amines) is 1. The van der Waals surface area contributed by atoms with Crippen LogP contribution in [0.25, 0.3) is 0 Å². The van der Waals surface area contributed by atoms with Crippen LogP contribution in [0.1, 0.15) is 0 Å². The Hall–Kier alpha value is -1.75.